The largest absolute Gasteiger partial charge is 0.338 e. The third-order valence-corrected chi connectivity index (χ3v) is 7.04. The molecular formula is C20H23N5O2S. The smallest absolute Gasteiger partial charge is 0.243 e. The molecule has 0 amide bonds. The first-order valence-corrected chi connectivity index (χ1v) is 10.9. The molecule has 28 heavy (non-hydrogen) atoms. The predicted octanol–water partition coefficient (Wildman–Crippen LogP) is 2.17. The van der Waals surface area contributed by atoms with Crippen LogP contribution in [0.15, 0.2) is 65.6 Å². The highest BCUT2D eigenvalue weighted by atomic mass is 32.2. The number of nitrogens with zero attached hydrogens (tertiary/aromatic N) is 5. The van der Waals surface area contributed by atoms with E-state index in [2.05, 4.69) is 15.0 Å². The van der Waals surface area contributed by atoms with E-state index in [4.69, 9.17) is 0 Å². The van der Waals surface area contributed by atoms with Gasteiger partial charge in [-0.3, -0.25) is 4.98 Å². The first-order valence-electron chi connectivity index (χ1n) is 9.45. The van der Waals surface area contributed by atoms with Crippen LogP contribution in [-0.4, -0.2) is 53.9 Å². The molecule has 7 nitrogen and oxygen atoms in total. The first-order chi connectivity index (χ1) is 13.6. The number of pyridine rings is 1. The van der Waals surface area contributed by atoms with Gasteiger partial charge in [0.1, 0.15) is 0 Å². The van der Waals surface area contributed by atoms with E-state index in [1.165, 1.54) is 0 Å². The standard InChI is InChI=1S/C20H23N5O2S/c26-28(27,25-13-11-24(12-14-25)20-22-9-4-10-23-20)19-7-2-1-6-18(19)15-17-5-3-8-21-16-17/h3-10,16H,1-2,11-15H2. The molecule has 4 rings (SSSR count). The Morgan fingerprint density at radius 1 is 0.929 bits per heavy atom. The van der Waals surface area contributed by atoms with Gasteiger partial charge in [0.25, 0.3) is 0 Å². The van der Waals surface area contributed by atoms with Crippen molar-refractivity contribution in [2.24, 2.45) is 0 Å². The zero-order chi connectivity index (χ0) is 19.4. The van der Waals surface area contributed by atoms with Crippen LogP contribution in [0.4, 0.5) is 5.95 Å². The highest BCUT2D eigenvalue weighted by molar-refractivity contribution is 7.93. The number of aromatic nitrogens is 3. The number of rotatable bonds is 5. The third kappa shape index (κ3) is 3.98. The Kier molecular flexibility index (Phi) is 5.50. The van der Waals surface area contributed by atoms with Crippen LogP contribution in [0, 0.1) is 0 Å². The van der Waals surface area contributed by atoms with Crippen molar-refractivity contribution in [3.05, 3.63) is 71.2 Å². The van der Waals surface area contributed by atoms with Gasteiger partial charge in [-0.2, -0.15) is 4.31 Å². The lowest BCUT2D eigenvalue weighted by molar-refractivity contribution is 0.386. The lowest BCUT2D eigenvalue weighted by Crippen LogP contribution is -2.49. The van der Waals surface area contributed by atoms with Crippen molar-refractivity contribution in [2.45, 2.75) is 19.3 Å². The topological polar surface area (TPSA) is 79.3 Å². The molecule has 0 unspecified atom stereocenters. The molecule has 0 saturated carbocycles. The Hall–Kier alpha value is -2.58. The van der Waals surface area contributed by atoms with Crippen LogP contribution >= 0.6 is 0 Å². The molecule has 0 atom stereocenters. The summed E-state index contributed by atoms with van der Waals surface area (Å²) < 4.78 is 28.3. The van der Waals surface area contributed by atoms with Crippen LogP contribution in [0.5, 0.6) is 0 Å². The maximum Gasteiger partial charge on any atom is 0.243 e. The molecule has 146 valence electrons. The predicted molar refractivity (Wildman–Crippen MR) is 108 cm³/mol. The second-order valence-corrected chi connectivity index (χ2v) is 8.76. The lowest BCUT2D eigenvalue weighted by atomic mass is 10.0. The summed E-state index contributed by atoms with van der Waals surface area (Å²) in [4.78, 5) is 15.1. The number of allylic oxidation sites excluding steroid dienone is 3. The second kappa shape index (κ2) is 8.20. The summed E-state index contributed by atoms with van der Waals surface area (Å²) in [6.07, 6.45) is 13.0. The Balaban J connectivity index is 1.48. The fourth-order valence-electron chi connectivity index (χ4n) is 3.58. The summed E-state index contributed by atoms with van der Waals surface area (Å²) in [5.74, 6) is 0.647. The van der Waals surface area contributed by atoms with Gasteiger partial charge in [0.05, 0.1) is 4.91 Å². The normalized spacial score (nSPS) is 18.5. The molecular weight excluding hydrogens is 374 g/mol. The van der Waals surface area contributed by atoms with Gasteiger partial charge in [0.15, 0.2) is 0 Å². The van der Waals surface area contributed by atoms with Crippen molar-refractivity contribution in [1.82, 2.24) is 19.3 Å². The van der Waals surface area contributed by atoms with Crippen molar-refractivity contribution >= 4 is 16.0 Å². The van der Waals surface area contributed by atoms with E-state index in [0.717, 1.165) is 24.0 Å². The number of hydrogen-bond donors (Lipinski definition) is 0. The minimum atomic E-state index is -3.52. The highest BCUT2D eigenvalue weighted by Gasteiger charge is 2.32. The van der Waals surface area contributed by atoms with E-state index in [0.29, 0.717) is 43.5 Å². The van der Waals surface area contributed by atoms with Crippen LogP contribution in [-0.2, 0) is 16.4 Å². The molecule has 2 aliphatic rings. The van der Waals surface area contributed by atoms with Gasteiger partial charge in [-0.15, -0.1) is 0 Å². The monoisotopic (exact) mass is 397 g/mol. The summed E-state index contributed by atoms with van der Waals surface area (Å²) in [5, 5.41) is 0. The zero-order valence-electron chi connectivity index (χ0n) is 15.6. The minimum absolute atomic E-state index is 0.429. The van der Waals surface area contributed by atoms with E-state index >= 15 is 0 Å². The van der Waals surface area contributed by atoms with E-state index in [-0.39, 0.29) is 0 Å². The van der Waals surface area contributed by atoms with Gasteiger partial charge >= 0.3 is 0 Å². The van der Waals surface area contributed by atoms with Gasteiger partial charge in [-0.05, 0) is 42.5 Å². The summed E-state index contributed by atoms with van der Waals surface area (Å²) in [5.41, 5.74) is 1.89. The molecule has 8 heteroatoms. The maximum atomic E-state index is 13.3. The molecule has 0 aromatic carbocycles. The van der Waals surface area contributed by atoms with Crippen molar-refractivity contribution < 1.29 is 8.42 Å². The van der Waals surface area contributed by atoms with Crippen LogP contribution in [0.25, 0.3) is 0 Å². The first kappa shape index (κ1) is 18.8. The molecule has 1 aliphatic heterocycles. The minimum Gasteiger partial charge on any atom is -0.338 e. The van der Waals surface area contributed by atoms with Crippen molar-refractivity contribution in [3.8, 4) is 0 Å². The lowest BCUT2D eigenvalue weighted by Gasteiger charge is -2.35. The average Bonchev–Trinajstić information content (AvgIpc) is 2.75. The number of hydrogen-bond acceptors (Lipinski definition) is 6. The van der Waals surface area contributed by atoms with Gasteiger partial charge in [-0.25, -0.2) is 18.4 Å². The van der Waals surface area contributed by atoms with Gasteiger partial charge in [0.2, 0.25) is 16.0 Å². The molecule has 2 aromatic heterocycles. The van der Waals surface area contributed by atoms with E-state index in [9.17, 15) is 8.42 Å². The molecule has 0 N–H and O–H groups in total. The van der Waals surface area contributed by atoms with E-state index < -0.39 is 10.0 Å². The molecule has 0 radical (unpaired) electrons. The van der Waals surface area contributed by atoms with Crippen LogP contribution in [0.1, 0.15) is 18.4 Å². The third-order valence-electron chi connectivity index (χ3n) is 5.01. The zero-order valence-corrected chi connectivity index (χ0v) is 16.4. The Labute approximate surface area is 165 Å². The average molecular weight is 398 g/mol. The maximum absolute atomic E-state index is 13.3. The molecule has 1 aliphatic carbocycles. The second-order valence-electron chi connectivity index (χ2n) is 6.85. The highest BCUT2D eigenvalue weighted by Crippen LogP contribution is 2.29. The van der Waals surface area contributed by atoms with Crippen LogP contribution in [0.3, 0.4) is 0 Å². The number of piperazine rings is 1. The van der Waals surface area contributed by atoms with Crippen LogP contribution in [0.2, 0.25) is 0 Å². The van der Waals surface area contributed by atoms with Crippen molar-refractivity contribution in [2.75, 3.05) is 31.1 Å². The molecule has 0 bridgehead atoms. The SMILES string of the molecule is O=S(=O)(C1=CCCC=C1Cc1cccnc1)N1CCN(c2ncccn2)CC1. The van der Waals surface area contributed by atoms with Gasteiger partial charge < -0.3 is 4.90 Å². The van der Waals surface area contributed by atoms with E-state index in [1.54, 1.807) is 35.2 Å². The van der Waals surface area contributed by atoms with Crippen LogP contribution < -0.4 is 4.90 Å². The number of anilines is 1. The van der Waals surface area contributed by atoms with Gasteiger partial charge in [-0.1, -0.05) is 18.2 Å². The van der Waals surface area contributed by atoms with Gasteiger partial charge in [0, 0.05) is 51.0 Å². The van der Waals surface area contributed by atoms with Crippen molar-refractivity contribution in [3.63, 3.8) is 0 Å². The fourth-order valence-corrected chi connectivity index (χ4v) is 5.32. The number of sulfonamides is 1. The Morgan fingerprint density at radius 3 is 2.39 bits per heavy atom. The molecule has 3 heterocycles. The summed E-state index contributed by atoms with van der Waals surface area (Å²) >= 11 is 0. The Morgan fingerprint density at radius 2 is 1.68 bits per heavy atom. The molecule has 2 aromatic rings. The quantitative estimate of drug-likeness (QED) is 0.769. The molecule has 1 fully saturated rings. The van der Waals surface area contributed by atoms with E-state index in [1.807, 2.05) is 29.2 Å². The summed E-state index contributed by atoms with van der Waals surface area (Å²) in [7, 11) is -3.52. The summed E-state index contributed by atoms with van der Waals surface area (Å²) in [6, 6.07) is 5.63. The fraction of sp³-hybridized carbons (Fsp3) is 0.350. The Bertz CT molecular complexity index is 966. The van der Waals surface area contributed by atoms with Crippen molar-refractivity contribution in [1.29, 1.82) is 0 Å². The molecule has 0 spiro atoms. The summed E-state index contributed by atoms with van der Waals surface area (Å²) in [6.45, 7) is 2.02. The molecule has 1 saturated heterocycles.